The number of aryl methyl sites for hydroxylation is 3. The Hall–Kier alpha value is -4.71. The summed E-state index contributed by atoms with van der Waals surface area (Å²) >= 11 is 0. The van der Waals surface area contributed by atoms with Crippen LogP contribution in [-0.2, 0) is 34.3 Å². The number of hydrogen-bond acceptors (Lipinski definition) is 9. The van der Waals surface area contributed by atoms with Gasteiger partial charge in [0, 0.05) is 50.8 Å². The minimum Gasteiger partial charge on any atom is -0.449 e. The summed E-state index contributed by atoms with van der Waals surface area (Å²) in [5.41, 5.74) is 7.19. The second kappa shape index (κ2) is 14.4. The van der Waals surface area contributed by atoms with Crippen LogP contribution in [0.1, 0.15) is 54.9 Å². The average molecular weight is 641 g/mol. The molecule has 2 aliphatic heterocycles. The van der Waals surface area contributed by atoms with Crippen molar-refractivity contribution in [1.82, 2.24) is 29.5 Å². The first-order valence-corrected chi connectivity index (χ1v) is 16.5. The van der Waals surface area contributed by atoms with Crippen LogP contribution >= 0.6 is 0 Å². The zero-order valence-corrected chi connectivity index (χ0v) is 27.7. The first-order valence-electron chi connectivity index (χ1n) is 16.5. The number of carbonyl (C=O) groups is 2. The fourth-order valence-electron chi connectivity index (χ4n) is 6.18. The summed E-state index contributed by atoms with van der Waals surface area (Å²) in [4.78, 5) is 38.3. The van der Waals surface area contributed by atoms with Gasteiger partial charge in [0.1, 0.15) is 6.61 Å². The van der Waals surface area contributed by atoms with Crippen molar-refractivity contribution in [3.63, 3.8) is 0 Å². The lowest BCUT2D eigenvalue weighted by Gasteiger charge is -2.32. The average Bonchev–Trinajstić information content (AvgIpc) is 3.39. The Morgan fingerprint density at radius 1 is 1.00 bits per heavy atom. The maximum absolute atomic E-state index is 13.1. The molecule has 2 aromatic heterocycles. The highest BCUT2D eigenvalue weighted by atomic mass is 16.6. The number of fused-ring (bicyclic) bond motifs is 2. The van der Waals surface area contributed by atoms with E-state index < -0.39 is 0 Å². The van der Waals surface area contributed by atoms with Gasteiger partial charge >= 0.3 is 6.09 Å². The van der Waals surface area contributed by atoms with Crippen LogP contribution in [0.4, 0.5) is 27.9 Å². The van der Waals surface area contributed by atoms with Gasteiger partial charge in [-0.3, -0.25) is 4.79 Å². The third-order valence-electron chi connectivity index (χ3n) is 9.00. The van der Waals surface area contributed by atoms with Crippen LogP contribution in [0.2, 0.25) is 0 Å². The number of unbranched alkanes of at least 4 members (excludes halogenated alkanes) is 1. The maximum Gasteiger partial charge on any atom is 0.409 e. The Labute approximate surface area is 275 Å². The molecule has 0 bridgehead atoms. The van der Waals surface area contributed by atoms with E-state index in [1.54, 1.807) is 15.8 Å². The third-order valence-corrected chi connectivity index (χ3v) is 9.00. The molecule has 0 spiro atoms. The lowest BCUT2D eigenvalue weighted by molar-refractivity contribution is -0.140. The molecule has 47 heavy (non-hydrogen) atoms. The molecule has 1 fully saturated rings. The van der Waals surface area contributed by atoms with Crippen LogP contribution in [0, 0.1) is 13.8 Å². The summed E-state index contributed by atoms with van der Waals surface area (Å²) in [5, 5.41) is 12.3. The largest absolute Gasteiger partial charge is 0.449 e. The molecule has 0 saturated carbocycles. The molecule has 0 unspecified atom stereocenters. The summed E-state index contributed by atoms with van der Waals surface area (Å²) in [6.45, 7) is 9.05. The molecule has 1 saturated heterocycles. The van der Waals surface area contributed by atoms with E-state index in [9.17, 15) is 9.59 Å². The Balaban J connectivity index is 1.04. The molecule has 0 atom stereocenters. The quantitative estimate of drug-likeness (QED) is 0.208. The number of rotatable bonds is 10. The Kier molecular flexibility index (Phi) is 9.86. The molecule has 12 nitrogen and oxygen atoms in total. The molecular weight excluding hydrogens is 596 g/mol. The Morgan fingerprint density at radius 2 is 1.79 bits per heavy atom. The van der Waals surface area contributed by atoms with Gasteiger partial charge in [0.15, 0.2) is 11.5 Å². The Morgan fingerprint density at radius 3 is 2.55 bits per heavy atom. The predicted octanol–water partition coefficient (Wildman–Crippen LogP) is 5.77. The number of aromatic nitrogens is 4. The normalized spacial score (nSPS) is 15.1. The highest BCUT2D eigenvalue weighted by molar-refractivity contribution is 5.90. The van der Waals surface area contributed by atoms with E-state index in [1.165, 1.54) is 5.56 Å². The standard InChI is InChI=1S/C35H44N8O4/c1-5-6-18-46-35(45)42-16-13-28(14-17-42)47-22-30(44)43-15-12-25-10-11-27(19-26(25)21-43)37-34-36-20-29-32(40-41(4)33(29)39-34)38-31-23(2)8-7-9-24(31)3/h7-11,19-20,28H,5-6,12-18,21-22H2,1-4H3,(H,38,40)(H,36,37,39). The van der Waals surface area contributed by atoms with E-state index in [0.717, 1.165) is 52.7 Å². The van der Waals surface area contributed by atoms with Gasteiger partial charge in [-0.15, -0.1) is 0 Å². The Bertz CT molecular complexity index is 1730. The van der Waals surface area contributed by atoms with E-state index in [-0.39, 0.29) is 24.7 Å². The van der Waals surface area contributed by atoms with Gasteiger partial charge in [0.05, 0.1) is 18.1 Å². The van der Waals surface area contributed by atoms with Crippen LogP contribution in [0.15, 0.2) is 42.6 Å². The zero-order valence-electron chi connectivity index (χ0n) is 27.7. The summed E-state index contributed by atoms with van der Waals surface area (Å²) < 4.78 is 13.1. The van der Waals surface area contributed by atoms with E-state index in [1.807, 2.05) is 24.1 Å². The number of anilines is 4. The molecule has 2 aromatic carbocycles. The molecule has 248 valence electrons. The van der Waals surface area contributed by atoms with Gasteiger partial charge in [-0.25, -0.2) is 14.5 Å². The van der Waals surface area contributed by atoms with Crippen molar-refractivity contribution >= 4 is 46.2 Å². The third kappa shape index (κ3) is 7.48. The second-order valence-electron chi connectivity index (χ2n) is 12.4. The number of carbonyl (C=O) groups excluding carboxylic acids is 2. The summed E-state index contributed by atoms with van der Waals surface area (Å²) in [7, 11) is 1.87. The molecule has 4 aromatic rings. The lowest BCUT2D eigenvalue weighted by atomic mass is 9.99. The molecule has 2 N–H and O–H groups in total. The van der Waals surface area contributed by atoms with Crippen LogP contribution in [-0.4, -0.2) is 80.5 Å². The molecule has 6 rings (SSSR count). The highest BCUT2D eigenvalue weighted by Crippen LogP contribution is 2.29. The lowest BCUT2D eigenvalue weighted by Crippen LogP contribution is -2.43. The minimum atomic E-state index is -0.256. The van der Waals surface area contributed by atoms with Crippen molar-refractivity contribution in [3.8, 4) is 0 Å². The first-order chi connectivity index (χ1) is 22.8. The van der Waals surface area contributed by atoms with E-state index in [0.29, 0.717) is 63.0 Å². The van der Waals surface area contributed by atoms with Crippen molar-refractivity contribution in [1.29, 1.82) is 0 Å². The minimum absolute atomic E-state index is 0.0225. The topological polar surface area (TPSA) is 127 Å². The van der Waals surface area contributed by atoms with Crippen LogP contribution in [0.3, 0.4) is 0 Å². The monoisotopic (exact) mass is 640 g/mol. The van der Waals surface area contributed by atoms with Crippen molar-refractivity contribution in [2.45, 2.75) is 65.5 Å². The summed E-state index contributed by atoms with van der Waals surface area (Å²) in [5.74, 6) is 1.16. The van der Waals surface area contributed by atoms with E-state index in [2.05, 4.69) is 65.8 Å². The summed E-state index contributed by atoms with van der Waals surface area (Å²) in [6, 6.07) is 12.4. The molecule has 0 aliphatic carbocycles. The van der Waals surface area contributed by atoms with Gasteiger partial charge in [-0.2, -0.15) is 10.1 Å². The van der Waals surface area contributed by atoms with Crippen LogP contribution < -0.4 is 10.6 Å². The van der Waals surface area contributed by atoms with Gasteiger partial charge in [0.25, 0.3) is 0 Å². The molecule has 4 heterocycles. The number of nitrogens with zero attached hydrogens (tertiary/aromatic N) is 6. The fraction of sp³-hybridized carbons (Fsp3) is 0.457. The van der Waals surface area contributed by atoms with Crippen molar-refractivity contribution in [3.05, 3.63) is 64.8 Å². The maximum atomic E-state index is 13.1. The van der Waals surface area contributed by atoms with Gasteiger partial charge in [-0.1, -0.05) is 37.6 Å². The smallest absolute Gasteiger partial charge is 0.409 e. The number of likely N-dealkylation sites (tertiary alicyclic amines) is 1. The molecular formula is C35H44N8O4. The molecule has 12 heteroatoms. The number of piperidine rings is 1. The number of nitrogens with one attached hydrogen (secondary N) is 2. The van der Waals surface area contributed by atoms with Gasteiger partial charge in [-0.05, 0) is 73.9 Å². The van der Waals surface area contributed by atoms with Gasteiger partial charge in [0.2, 0.25) is 11.9 Å². The SMILES string of the molecule is CCCCOC(=O)N1CCC(OCC(=O)N2CCc3ccc(Nc4ncc5c(Nc6c(C)cccc6C)nn(C)c5n4)cc3C2)CC1. The highest BCUT2D eigenvalue weighted by Gasteiger charge is 2.27. The van der Waals surface area contributed by atoms with Crippen LogP contribution in [0.5, 0.6) is 0 Å². The molecule has 0 radical (unpaired) electrons. The zero-order chi connectivity index (χ0) is 32.9. The van der Waals surface area contributed by atoms with Crippen molar-refractivity contribution in [2.24, 2.45) is 7.05 Å². The second-order valence-corrected chi connectivity index (χ2v) is 12.4. The first kappa shape index (κ1) is 32.2. The summed E-state index contributed by atoms with van der Waals surface area (Å²) in [6.07, 6.45) is 5.54. The number of amides is 2. The van der Waals surface area contributed by atoms with Crippen molar-refractivity contribution < 1.29 is 19.1 Å². The molecule has 2 aliphatic rings. The van der Waals surface area contributed by atoms with E-state index >= 15 is 0 Å². The number of para-hydroxylation sites is 1. The predicted molar refractivity (Wildman–Crippen MR) is 181 cm³/mol. The number of hydrogen-bond donors (Lipinski definition) is 2. The van der Waals surface area contributed by atoms with E-state index in [4.69, 9.17) is 14.5 Å². The number of ether oxygens (including phenoxy) is 2. The molecule has 2 amide bonds. The van der Waals surface area contributed by atoms with Crippen molar-refractivity contribution in [2.75, 3.05) is 43.5 Å². The number of benzene rings is 2. The fourth-order valence-corrected chi connectivity index (χ4v) is 6.18. The van der Waals surface area contributed by atoms with Crippen LogP contribution in [0.25, 0.3) is 11.0 Å². The van der Waals surface area contributed by atoms with Gasteiger partial charge < -0.3 is 29.9 Å².